The lowest BCUT2D eigenvalue weighted by Crippen LogP contribution is -2.12. The van der Waals surface area contributed by atoms with Gasteiger partial charge in [-0.05, 0) is 23.8 Å². The van der Waals surface area contributed by atoms with Crippen molar-refractivity contribution in [3.8, 4) is 0 Å². The lowest BCUT2D eigenvalue weighted by Gasteiger charge is -2.09. The molecule has 1 aromatic carbocycles. The Kier molecular flexibility index (Phi) is 2.86. The number of nitrogens with zero attached hydrogens (tertiary/aromatic N) is 1. The Hall–Kier alpha value is -2.09. The van der Waals surface area contributed by atoms with Gasteiger partial charge >= 0.3 is 0 Å². The molecule has 2 heterocycles. The minimum absolute atomic E-state index is 0.144. The van der Waals surface area contributed by atoms with Crippen molar-refractivity contribution in [3.05, 3.63) is 64.6 Å². The van der Waals surface area contributed by atoms with E-state index in [4.69, 9.17) is 0 Å². The second-order valence-electron chi connectivity index (χ2n) is 5.46. The van der Waals surface area contributed by atoms with Crippen molar-refractivity contribution >= 4 is 16.3 Å². The largest absolute Gasteiger partial charge is 0.323 e. The summed E-state index contributed by atoms with van der Waals surface area (Å²) < 4.78 is 2.06. The molecule has 3 rings (SSSR count). The Bertz CT molecular complexity index is 799. The van der Waals surface area contributed by atoms with E-state index in [1.165, 1.54) is 5.39 Å². The van der Waals surface area contributed by atoms with Crippen molar-refractivity contribution in [1.29, 1.82) is 0 Å². The van der Waals surface area contributed by atoms with Gasteiger partial charge in [-0.3, -0.25) is 4.79 Å². The normalized spacial score (nSPS) is 11.5. The maximum absolute atomic E-state index is 12.2. The molecule has 3 aromatic rings. The molecule has 19 heavy (non-hydrogen) atoms. The number of hydrogen-bond acceptors (Lipinski definition) is 1. The molecule has 0 aliphatic rings. The van der Waals surface area contributed by atoms with Crippen LogP contribution in [0.4, 0.5) is 0 Å². The number of pyridine rings is 2. The fourth-order valence-electron chi connectivity index (χ4n) is 2.56. The molecule has 0 radical (unpaired) electrons. The summed E-state index contributed by atoms with van der Waals surface area (Å²) in [5, 5.41) is 2.29. The Labute approximate surface area is 112 Å². The molecular weight excluding hydrogens is 234 g/mol. The van der Waals surface area contributed by atoms with E-state index in [9.17, 15) is 4.79 Å². The molecule has 0 unspecified atom stereocenters. The molecule has 0 N–H and O–H groups in total. The SMILES string of the molecule is CC(C)Cc1cn2ccc3ccccc3c2cc1=O. The lowest BCUT2D eigenvalue weighted by atomic mass is 10.0. The van der Waals surface area contributed by atoms with Gasteiger partial charge in [-0.15, -0.1) is 0 Å². The molecular formula is C17H17NO. The highest BCUT2D eigenvalue weighted by atomic mass is 16.1. The van der Waals surface area contributed by atoms with Crippen LogP contribution in [0.15, 0.2) is 53.6 Å². The van der Waals surface area contributed by atoms with E-state index in [1.54, 1.807) is 6.07 Å². The van der Waals surface area contributed by atoms with Crippen LogP contribution in [-0.4, -0.2) is 4.40 Å². The Morgan fingerprint density at radius 3 is 2.74 bits per heavy atom. The van der Waals surface area contributed by atoms with Crippen LogP contribution in [-0.2, 0) is 6.42 Å². The topological polar surface area (TPSA) is 21.5 Å². The van der Waals surface area contributed by atoms with Crippen molar-refractivity contribution in [1.82, 2.24) is 4.40 Å². The third-order valence-electron chi connectivity index (χ3n) is 3.44. The fraction of sp³-hybridized carbons (Fsp3) is 0.235. The standard InChI is InChI=1S/C17H17NO/c1-12(2)9-14-11-18-8-7-13-5-3-4-6-15(13)16(18)10-17(14)19/h3-8,10-12H,9H2,1-2H3. The fourth-order valence-corrected chi connectivity index (χ4v) is 2.56. The zero-order valence-corrected chi connectivity index (χ0v) is 11.3. The van der Waals surface area contributed by atoms with Crippen LogP contribution in [0.2, 0.25) is 0 Å². The van der Waals surface area contributed by atoms with Crippen LogP contribution in [0.1, 0.15) is 19.4 Å². The van der Waals surface area contributed by atoms with Crippen molar-refractivity contribution in [2.24, 2.45) is 5.92 Å². The summed E-state index contributed by atoms with van der Waals surface area (Å²) in [6.07, 6.45) is 4.83. The number of hydrogen-bond donors (Lipinski definition) is 0. The van der Waals surface area contributed by atoms with E-state index < -0.39 is 0 Å². The monoisotopic (exact) mass is 251 g/mol. The summed E-state index contributed by atoms with van der Waals surface area (Å²) in [4.78, 5) is 12.2. The minimum atomic E-state index is 0.144. The van der Waals surface area contributed by atoms with Crippen molar-refractivity contribution in [2.45, 2.75) is 20.3 Å². The maximum Gasteiger partial charge on any atom is 0.185 e. The van der Waals surface area contributed by atoms with E-state index in [0.29, 0.717) is 5.92 Å². The van der Waals surface area contributed by atoms with Gasteiger partial charge in [0.2, 0.25) is 0 Å². The van der Waals surface area contributed by atoms with Gasteiger partial charge in [0.05, 0.1) is 5.52 Å². The average molecular weight is 251 g/mol. The van der Waals surface area contributed by atoms with Crippen molar-refractivity contribution < 1.29 is 0 Å². The third-order valence-corrected chi connectivity index (χ3v) is 3.44. The Morgan fingerprint density at radius 1 is 1.16 bits per heavy atom. The molecule has 96 valence electrons. The number of benzene rings is 1. The summed E-state index contributed by atoms with van der Waals surface area (Å²) in [5.74, 6) is 0.492. The Morgan fingerprint density at radius 2 is 1.95 bits per heavy atom. The van der Waals surface area contributed by atoms with Crippen molar-refractivity contribution in [2.75, 3.05) is 0 Å². The van der Waals surface area contributed by atoms with E-state index in [0.717, 1.165) is 22.9 Å². The summed E-state index contributed by atoms with van der Waals surface area (Å²) >= 11 is 0. The molecule has 0 atom stereocenters. The van der Waals surface area contributed by atoms with Gasteiger partial charge in [-0.1, -0.05) is 38.1 Å². The highest BCUT2D eigenvalue weighted by Gasteiger charge is 2.06. The number of fused-ring (bicyclic) bond motifs is 3. The van der Waals surface area contributed by atoms with Crippen LogP contribution in [0.25, 0.3) is 16.3 Å². The predicted molar refractivity (Wildman–Crippen MR) is 79.7 cm³/mol. The van der Waals surface area contributed by atoms with E-state index in [1.807, 2.05) is 24.5 Å². The second kappa shape index (κ2) is 4.54. The van der Waals surface area contributed by atoms with Crippen LogP contribution in [0, 0.1) is 5.92 Å². The van der Waals surface area contributed by atoms with E-state index in [-0.39, 0.29) is 5.43 Å². The summed E-state index contributed by atoms with van der Waals surface area (Å²) in [7, 11) is 0. The molecule has 2 aromatic heterocycles. The average Bonchev–Trinajstić information content (AvgIpc) is 2.39. The quantitative estimate of drug-likeness (QED) is 0.637. The maximum atomic E-state index is 12.2. The number of aromatic nitrogens is 1. The van der Waals surface area contributed by atoms with Crippen LogP contribution >= 0.6 is 0 Å². The van der Waals surface area contributed by atoms with Crippen LogP contribution in [0.5, 0.6) is 0 Å². The molecule has 0 saturated carbocycles. The molecule has 0 saturated heterocycles. The first kappa shape index (κ1) is 12.0. The van der Waals surface area contributed by atoms with Gasteiger partial charge in [0.15, 0.2) is 5.43 Å². The smallest absolute Gasteiger partial charge is 0.185 e. The first-order chi connectivity index (χ1) is 9.15. The van der Waals surface area contributed by atoms with Gasteiger partial charge < -0.3 is 4.40 Å². The lowest BCUT2D eigenvalue weighted by molar-refractivity contribution is 0.642. The van der Waals surface area contributed by atoms with Gasteiger partial charge in [-0.2, -0.15) is 0 Å². The first-order valence-electron chi connectivity index (χ1n) is 6.68. The van der Waals surface area contributed by atoms with E-state index >= 15 is 0 Å². The molecule has 2 heteroatoms. The van der Waals surface area contributed by atoms with Crippen molar-refractivity contribution in [3.63, 3.8) is 0 Å². The van der Waals surface area contributed by atoms with Gasteiger partial charge in [-0.25, -0.2) is 0 Å². The second-order valence-corrected chi connectivity index (χ2v) is 5.46. The Balaban J connectivity index is 2.31. The predicted octanol–water partition coefficient (Wildman–Crippen LogP) is 3.65. The molecule has 0 aliphatic carbocycles. The van der Waals surface area contributed by atoms with Crippen LogP contribution < -0.4 is 5.43 Å². The molecule has 2 nitrogen and oxygen atoms in total. The zero-order chi connectivity index (χ0) is 13.4. The summed E-state index contributed by atoms with van der Waals surface area (Å²) in [6, 6.07) is 12.0. The molecule has 0 bridgehead atoms. The summed E-state index contributed by atoms with van der Waals surface area (Å²) in [5.41, 5.74) is 2.02. The first-order valence-corrected chi connectivity index (χ1v) is 6.68. The molecule has 0 fully saturated rings. The number of rotatable bonds is 2. The highest BCUT2D eigenvalue weighted by molar-refractivity contribution is 5.95. The van der Waals surface area contributed by atoms with E-state index in [2.05, 4.69) is 36.4 Å². The zero-order valence-electron chi connectivity index (χ0n) is 11.3. The highest BCUT2D eigenvalue weighted by Crippen LogP contribution is 2.19. The summed E-state index contributed by atoms with van der Waals surface area (Å²) in [6.45, 7) is 4.27. The van der Waals surface area contributed by atoms with Gasteiger partial charge in [0.1, 0.15) is 0 Å². The van der Waals surface area contributed by atoms with Gasteiger partial charge in [0, 0.05) is 29.4 Å². The van der Waals surface area contributed by atoms with Crippen LogP contribution in [0.3, 0.4) is 0 Å². The molecule has 0 amide bonds. The third kappa shape index (κ3) is 2.14. The molecule has 0 spiro atoms. The molecule has 0 aliphatic heterocycles. The minimum Gasteiger partial charge on any atom is -0.323 e. The van der Waals surface area contributed by atoms with Gasteiger partial charge in [0.25, 0.3) is 0 Å².